The average Bonchev–Trinajstić information content (AvgIpc) is 2.10. The lowest BCUT2D eigenvalue weighted by molar-refractivity contribution is -0.150. The highest BCUT2D eigenvalue weighted by Crippen LogP contribution is 1.97. The van der Waals surface area contributed by atoms with Gasteiger partial charge in [-0.1, -0.05) is 0 Å². The number of carboxylic acid groups (broad SMARTS) is 1. The predicted molar refractivity (Wildman–Crippen MR) is 59.5 cm³/mol. The first-order valence-electron chi connectivity index (χ1n) is 5.08. The van der Waals surface area contributed by atoms with Crippen molar-refractivity contribution in [3.05, 3.63) is 0 Å². The molecule has 0 aliphatic carbocycles. The number of urea groups is 1. The summed E-state index contributed by atoms with van der Waals surface area (Å²) in [5.74, 6) is -1.86. The summed E-state index contributed by atoms with van der Waals surface area (Å²) in [6.45, 7) is 6.11. The molecule has 0 rings (SSSR count). The summed E-state index contributed by atoms with van der Waals surface area (Å²) in [5, 5.41) is 13.0. The van der Waals surface area contributed by atoms with Crippen molar-refractivity contribution >= 4 is 17.9 Å². The van der Waals surface area contributed by atoms with E-state index in [1.54, 1.807) is 20.8 Å². The molecule has 1 atom stereocenters. The number of carboxylic acids is 1. The normalized spacial score (nSPS) is 12.7. The maximum atomic E-state index is 11.2. The number of ether oxygens (including phenoxy) is 1. The lowest BCUT2D eigenvalue weighted by Crippen LogP contribution is -2.49. The average molecular weight is 246 g/mol. The second kappa shape index (κ2) is 6.19. The van der Waals surface area contributed by atoms with Gasteiger partial charge in [0.25, 0.3) is 5.91 Å². The molecule has 0 bridgehead atoms. The minimum Gasteiger partial charge on any atom is -0.479 e. The Morgan fingerprint density at radius 1 is 1.29 bits per heavy atom. The van der Waals surface area contributed by atoms with Crippen molar-refractivity contribution in [2.75, 3.05) is 6.61 Å². The molecule has 0 saturated heterocycles. The molecule has 0 unspecified atom stereocenters. The zero-order valence-corrected chi connectivity index (χ0v) is 10.4. The van der Waals surface area contributed by atoms with Crippen molar-refractivity contribution in [1.29, 1.82) is 0 Å². The van der Waals surface area contributed by atoms with E-state index >= 15 is 0 Å². The first-order chi connectivity index (χ1) is 7.61. The van der Waals surface area contributed by atoms with Gasteiger partial charge in [-0.05, 0) is 27.7 Å². The fraction of sp³-hybridized carbons (Fsp3) is 0.700. The van der Waals surface area contributed by atoms with Gasteiger partial charge in [-0.3, -0.25) is 10.1 Å². The van der Waals surface area contributed by atoms with Crippen LogP contribution >= 0.6 is 0 Å². The largest absolute Gasteiger partial charge is 0.479 e. The first-order valence-corrected chi connectivity index (χ1v) is 5.08. The van der Waals surface area contributed by atoms with Gasteiger partial charge in [0.2, 0.25) is 0 Å². The number of nitrogens with one attached hydrogen (secondary N) is 2. The summed E-state index contributed by atoms with van der Waals surface area (Å²) in [5.41, 5.74) is -0.459. The number of hydrogen-bond donors (Lipinski definition) is 3. The minimum atomic E-state index is -1.17. The number of carbonyl (C=O) groups is 3. The molecule has 7 nitrogen and oxygen atoms in total. The molecule has 0 fully saturated rings. The molecule has 0 aromatic carbocycles. The molecular formula is C10H18N2O5. The zero-order valence-electron chi connectivity index (χ0n) is 10.4. The number of imide groups is 1. The quantitative estimate of drug-likeness (QED) is 0.652. The maximum absolute atomic E-state index is 11.2. The first kappa shape index (κ1) is 15.4. The fourth-order valence-corrected chi connectivity index (χ4v) is 0.807. The Bertz CT molecular complexity index is 308. The number of aliphatic carboxylic acids is 1. The van der Waals surface area contributed by atoms with Crippen LogP contribution in [-0.4, -0.2) is 41.3 Å². The molecule has 0 saturated carbocycles. The van der Waals surface area contributed by atoms with Crippen LogP contribution in [0.2, 0.25) is 0 Å². The van der Waals surface area contributed by atoms with Crippen molar-refractivity contribution in [2.24, 2.45) is 0 Å². The molecule has 0 aromatic heterocycles. The van der Waals surface area contributed by atoms with Crippen LogP contribution in [0.4, 0.5) is 4.79 Å². The van der Waals surface area contributed by atoms with Crippen molar-refractivity contribution in [3.8, 4) is 0 Å². The van der Waals surface area contributed by atoms with Crippen LogP contribution in [0.25, 0.3) is 0 Å². The van der Waals surface area contributed by atoms with Crippen molar-refractivity contribution < 1.29 is 24.2 Å². The summed E-state index contributed by atoms with van der Waals surface area (Å²) in [4.78, 5) is 32.8. The Morgan fingerprint density at radius 3 is 2.24 bits per heavy atom. The second-order valence-corrected chi connectivity index (χ2v) is 4.54. The third kappa shape index (κ3) is 8.21. The molecule has 0 aliphatic rings. The van der Waals surface area contributed by atoms with E-state index < -0.39 is 36.2 Å². The lowest BCUT2D eigenvalue weighted by atomic mass is 10.1. The van der Waals surface area contributed by atoms with Crippen molar-refractivity contribution in [2.45, 2.75) is 39.3 Å². The highest BCUT2D eigenvalue weighted by atomic mass is 16.5. The van der Waals surface area contributed by atoms with Crippen LogP contribution in [0.3, 0.4) is 0 Å². The van der Waals surface area contributed by atoms with Crippen LogP contribution in [0.1, 0.15) is 27.7 Å². The summed E-state index contributed by atoms with van der Waals surface area (Å²) >= 11 is 0. The Hall–Kier alpha value is -1.63. The zero-order chi connectivity index (χ0) is 13.6. The van der Waals surface area contributed by atoms with E-state index in [4.69, 9.17) is 9.84 Å². The molecule has 7 heteroatoms. The highest BCUT2D eigenvalue weighted by Gasteiger charge is 2.17. The molecule has 98 valence electrons. The number of hydrogen-bond acceptors (Lipinski definition) is 4. The van der Waals surface area contributed by atoms with Gasteiger partial charge in [-0.2, -0.15) is 0 Å². The topological polar surface area (TPSA) is 105 Å². The van der Waals surface area contributed by atoms with Crippen LogP contribution in [0, 0.1) is 0 Å². The van der Waals surface area contributed by atoms with Gasteiger partial charge in [-0.25, -0.2) is 9.59 Å². The third-order valence-electron chi connectivity index (χ3n) is 1.55. The van der Waals surface area contributed by atoms with Crippen LogP contribution in [0.15, 0.2) is 0 Å². The van der Waals surface area contributed by atoms with E-state index in [2.05, 4.69) is 5.32 Å². The van der Waals surface area contributed by atoms with Crippen molar-refractivity contribution in [3.63, 3.8) is 0 Å². The molecule has 0 heterocycles. The maximum Gasteiger partial charge on any atom is 0.332 e. The van der Waals surface area contributed by atoms with E-state index in [0.717, 1.165) is 0 Å². The van der Waals surface area contributed by atoms with Gasteiger partial charge >= 0.3 is 12.0 Å². The molecule has 0 aromatic rings. The Morgan fingerprint density at radius 2 is 1.82 bits per heavy atom. The SMILES string of the molecule is C[C@@H](OCC(=O)NC(=O)NC(C)(C)C)C(=O)O. The van der Waals surface area contributed by atoms with E-state index in [1.165, 1.54) is 6.92 Å². The van der Waals surface area contributed by atoms with Gasteiger partial charge < -0.3 is 15.2 Å². The molecule has 17 heavy (non-hydrogen) atoms. The van der Waals surface area contributed by atoms with E-state index in [9.17, 15) is 14.4 Å². The van der Waals surface area contributed by atoms with Crippen molar-refractivity contribution in [1.82, 2.24) is 10.6 Å². The molecule has 3 N–H and O–H groups in total. The second-order valence-electron chi connectivity index (χ2n) is 4.54. The third-order valence-corrected chi connectivity index (χ3v) is 1.55. The van der Waals surface area contributed by atoms with E-state index in [1.807, 2.05) is 5.32 Å². The summed E-state index contributed by atoms with van der Waals surface area (Å²) in [6.07, 6.45) is -1.09. The lowest BCUT2D eigenvalue weighted by Gasteiger charge is -2.20. The van der Waals surface area contributed by atoms with Gasteiger partial charge in [-0.15, -0.1) is 0 Å². The highest BCUT2D eigenvalue weighted by molar-refractivity contribution is 5.95. The monoisotopic (exact) mass is 246 g/mol. The molecule has 0 radical (unpaired) electrons. The Labute approximate surface area is 99.5 Å². The predicted octanol–water partition coefficient (Wildman–Crippen LogP) is 0.100. The van der Waals surface area contributed by atoms with Gasteiger partial charge in [0.1, 0.15) is 6.61 Å². The van der Waals surface area contributed by atoms with Crippen LogP contribution in [-0.2, 0) is 14.3 Å². The summed E-state index contributed by atoms with van der Waals surface area (Å²) in [7, 11) is 0. The van der Waals surface area contributed by atoms with Crippen LogP contribution in [0.5, 0.6) is 0 Å². The number of amides is 3. The van der Waals surface area contributed by atoms with Gasteiger partial charge in [0.15, 0.2) is 6.10 Å². The van der Waals surface area contributed by atoms with E-state index in [-0.39, 0.29) is 0 Å². The molecule has 3 amide bonds. The molecular weight excluding hydrogens is 228 g/mol. The summed E-state index contributed by atoms with van der Waals surface area (Å²) < 4.78 is 4.70. The Balaban J connectivity index is 3.95. The number of rotatable bonds is 4. The van der Waals surface area contributed by atoms with Gasteiger partial charge in [0.05, 0.1) is 0 Å². The Kier molecular flexibility index (Phi) is 5.60. The molecule has 0 spiro atoms. The standard InChI is InChI=1S/C10H18N2O5/c1-6(8(14)15)17-5-7(13)11-9(16)12-10(2,3)4/h6H,5H2,1-4H3,(H,14,15)(H2,11,12,13,16)/t6-/m1/s1. The van der Waals surface area contributed by atoms with E-state index in [0.29, 0.717) is 0 Å². The summed E-state index contributed by atoms with van der Waals surface area (Å²) in [6, 6.07) is -0.644. The fourth-order valence-electron chi connectivity index (χ4n) is 0.807. The minimum absolute atomic E-state index is 0.459. The smallest absolute Gasteiger partial charge is 0.332 e. The molecule has 0 aliphatic heterocycles. The van der Waals surface area contributed by atoms with Crippen LogP contribution < -0.4 is 10.6 Å². The van der Waals surface area contributed by atoms with Gasteiger partial charge in [0, 0.05) is 5.54 Å². The number of carbonyl (C=O) groups excluding carboxylic acids is 2.